The van der Waals surface area contributed by atoms with Gasteiger partial charge in [0.05, 0.1) is 13.0 Å². The fourth-order valence-electron chi connectivity index (χ4n) is 3.53. The highest BCUT2D eigenvalue weighted by Crippen LogP contribution is 2.18. The molecule has 1 aliphatic rings. The maximum absolute atomic E-state index is 12.6. The van der Waals surface area contributed by atoms with Crippen molar-refractivity contribution in [3.63, 3.8) is 0 Å². The third kappa shape index (κ3) is 5.74. The average molecular weight is 580 g/mol. The Morgan fingerprint density at radius 2 is 1.97 bits per heavy atom. The zero-order valence-electron chi connectivity index (χ0n) is 17.4. The molecular weight excluding hydrogens is 560 g/mol. The molecule has 0 bridgehead atoms. The van der Waals surface area contributed by atoms with Crippen molar-refractivity contribution < 1.29 is 19.1 Å². The molecule has 1 amide bonds. The van der Waals surface area contributed by atoms with Gasteiger partial charge in [-0.05, 0) is 46.3 Å². The van der Waals surface area contributed by atoms with Crippen LogP contribution in [0.5, 0.6) is 0 Å². The summed E-state index contributed by atoms with van der Waals surface area (Å²) in [6.07, 6.45) is 2.56. The number of hydrogen-bond donors (Lipinski definition) is 1. The number of pyridine rings is 1. The minimum atomic E-state index is -0.375. The van der Waals surface area contributed by atoms with Gasteiger partial charge in [0.1, 0.15) is 21.7 Å². The molecule has 172 valence electrons. The molecule has 10 nitrogen and oxygen atoms in total. The molecule has 0 saturated carbocycles. The number of benzene rings is 1. The van der Waals surface area contributed by atoms with Gasteiger partial charge < -0.3 is 14.8 Å². The summed E-state index contributed by atoms with van der Waals surface area (Å²) in [5.41, 5.74) is 1.41. The van der Waals surface area contributed by atoms with E-state index in [-0.39, 0.29) is 36.9 Å². The monoisotopic (exact) mass is 578 g/mol. The van der Waals surface area contributed by atoms with Crippen molar-refractivity contribution in [3.05, 3.63) is 56.4 Å². The zero-order valence-corrected chi connectivity index (χ0v) is 20.6. The third-order valence-corrected chi connectivity index (χ3v) is 6.14. The first-order valence-electron chi connectivity index (χ1n) is 10.3. The molecule has 3 aromatic rings. The zero-order chi connectivity index (χ0) is 23.4. The molecule has 0 aliphatic carbocycles. The fraction of sp³-hybridized carbons (Fsp3) is 0.333. The second-order valence-corrected chi connectivity index (χ2v) is 9.20. The van der Waals surface area contributed by atoms with Gasteiger partial charge in [0, 0.05) is 47.3 Å². The van der Waals surface area contributed by atoms with Crippen LogP contribution in [-0.4, -0.2) is 57.7 Å². The molecule has 0 radical (unpaired) electrons. The molecule has 3 heterocycles. The first-order chi connectivity index (χ1) is 15.9. The Balaban J connectivity index is 1.22. The van der Waals surface area contributed by atoms with Gasteiger partial charge >= 0.3 is 11.9 Å². The standard InChI is InChI=1S/C21H20Br2N6O4/c22-14-1-2-17-16(12-14)26-27-21(29(17)32)25-8-4-19(30)33-15-5-9-28(10-6-15)20(31)13-3-7-24-18(23)11-13/h1-3,7,11-12,15H,4-6,8-10H2,(H,25,27). The maximum atomic E-state index is 12.6. The van der Waals surface area contributed by atoms with Gasteiger partial charge in [-0.3, -0.25) is 14.9 Å². The van der Waals surface area contributed by atoms with E-state index in [0.717, 1.165) is 4.47 Å². The van der Waals surface area contributed by atoms with Crippen molar-refractivity contribution in [2.24, 2.45) is 0 Å². The number of rotatable bonds is 6. The van der Waals surface area contributed by atoms with Crippen molar-refractivity contribution in [3.8, 4) is 0 Å². The van der Waals surface area contributed by atoms with E-state index >= 15 is 0 Å². The van der Waals surface area contributed by atoms with Crippen molar-refractivity contribution in [1.29, 1.82) is 0 Å². The number of esters is 1. The number of likely N-dealkylation sites (tertiary alicyclic amines) is 1. The molecule has 2 aromatic heterocycles. The van der Waals surface area contributed by atoms with Crippen LogP contribution in [0, 0.1) is 5.21 Å². The number of anilines is 1. The molecule has 0 atom stereocenters. The molecule has 12 heteroatoms. The van der Waals surface area contributed by atoms with Crippen LogP contribution in [0.1, 0.15) is 29.6 Å². The normalized spacial score (nSPS) is 14.3. The minimum absolute atomic E-state index is 0.0205. The lowest BCUT2D eigenvalue weighted by Crippen LogP contribution is -2.41. The summed E-state index contributed by atoms with van der Waals surface area (Å²) in [7, 11) is 0. The summed E-state index contributed by atoms with van der Waals surface area (Å²) >= 11 is 6.60. The van der Waals surface area contributed by atoms with Crippen molar-refractivity contribution in [2.45, 2.75) is 25.4 Å². The van der Waals surface area contributed by atoms with E-state index < -0.39 is 0 Å². The third-order valence-electron chi connectivity index (χ3n) is 5.21. The van der Waals surface area contributed by atoms with E-state index in [2.05, 4.69) is 52.4 Å². The van der Waals surface area contributed by atoms with Crippen molar-refractivity contribution >= 4 is 60.7 Å². The van der Waals surface area contributed by atoms with Crippen LogP contribution in [0.4, 0.5) is 5.95 Å². The Bertz CT molecular complexity index is 1190. The highest BCUT2D eigenvalue weighted by atomic mass is 79.9. The van der Waals surface area contributed by atoms with Crippen LogP contribution < -0.4 is 10.0 Å². The Hall–Kier alpha value is -2.86. The number of fused-ring (bicyclic) bond motifs is 1. The number of halogens is 2. The second-order valence-electron chi connectivity index (χ2n) is 7.48. The van der Waals surface area contributed by atoms with Crippen LogP contribution in [0.15, 0.2) is 45.6 Å². The van der Waals surface area contributed by atoms with Gasteiger partial charge in [0.15, 0.2) is 0 Å². The topological polar surface area (TPSA) is 124 Å². The summed E-state index contributed by atoms with van der Waals surface area (Å²) in [5.74, 6) is -0.422. The highest BCUT2D eigenvalue weighted by Gasteiger charge is 2.26. The lowest BCUT2D eigenvalue weighted by molar-refractivity contribution is -0.565. The summed E-state index contributed by atoms with van der Waals surface area (Å²) in [4.78, 5) is 30.6. The molecule has 33 heavy (non-hydrogen) atoms. The largest absolute Gasteiger partial charge is 0.740 e. The lowest BCUT2D eigenvalue weighted by atomic mass is 10.1. The molecule has 0 spiro atoms. The Labute approximate surface area is 206 Å². The van der Waals surface area contributed by atoms with Gasteiger partial charge in [-0.15, -0.1) is 0 Å². The van der Waals surface area contributed by atoms with Gasteiger partial charge in [0.25, 0.3) is 5.91 Å². The number of ether oxygens (including phenoxy) is 1. The Morgan fingerprint density at radius 3 is 2.73 bits per heavy atom. The maximum Gasteiger partial charge on any atom is 0.415 e. The minimum Gasteiger partial charge on any atom is -0.740 e. The summed E-state index contributed by atoms with van der Waals surface area (Å²) in [6, 6.07) is 8.45. The van der Waals surface area contributed by atoms with Gasteiger partial charge in [-0.1, -0.05) is 21.0 Å². The average Bonchev–Trinajstić information content (AvgIpc) is 2.80. The van der Waals surface area contributed by atoms with E-state index in [1.165, 1.54) is 0 Å². The fourth-order valence-corrected chi connectivity index (χ4v) is 4.24. The SMILES string of the molecule is O=C(CCNc1nnc2cc(Br)ccc2[n+]1[O-])OC1CCN(C(=O)c2ccnc(Br)c2)CC1. The number of piperidine rings is 1. The molecule has 0 unspecified atom stereocenters. The number of carbonyl (C=O) groups is 2. The molecule has 1 fully saturated rings. The first kappa shape index (κ1) is 23.3. The van der Waals surface area contributed by atoms with E-state index in [0.29, 0.717) is 51.9 Å². The van der Waals surface area contributed by atoms with Crippen LogP contribution in [0.3, 0.4) is 0 Å². The highest BCUT2D eigenvalue weighted by molar-refractivity contribution is 9.10. The number of hydrogen-bond acceptors (Lipinski definition) is 8. The van der Waals surface area contributed by atoms with Crippen LogP contribution in [0.25, 0.3) is 11.0 Å². The number of nitrogens with zero attached hydrogens (tertiary/aromatic N) is 5. The summed E-state index contributed by atoms with van der Waals surface area (Å²) in [6.45, 7) is 1.20. The van der Waals surface area contributed by atoms with Crippen LogP contribution >= 0.6 is 31.9 Å². The number of amides is 1. The predicted molar refractivity (Wildman–Crippen MR) is 126 cm³/mol. The van der Waals surface area contributed by atoms with Gasteiger partial charge in [-0.2, -0.15) is 0 Å². The van der Waals surface area contributed by atoms with Crippen LogP contribution in [-0.2, 0) is 9.53 Å². The Kier molecular flexibility index (Phi) is 7.33. The number of nitrogens with one attached hydrogen (secondary N) is 1. The van der Waals surface area contributed by atoms with E-state index in [1.54, 1.807) is 41.4 Å². The smallest absolute Gasteiger partial charge is 0.415 e. The predicted octanol–water partition coefficient (Wildman–Crippen LogP) is 2.83. The van der Waals surface area contributed by atoms with E-state index in [4.69, 9.17) is 4.74 Å². The van der Waals surface area contributed by atoms with Gasteiger partial charge in [0.2, 0.25) is 0 Å². The molecule has 1 aromatic carbocycles. The molecular formula is C21H20Br2N6O4. The molecule has 1 saturated heterocycles. The molecule has 1 N–H and O–H groups in total. The summed E-state index contributed by atoms with van der Waals surface area (Å²) < 4.78 is 7.59. The number of aromatic nitrogens is 4. The molecule has 1 aliphatic heterocycles. The second kappa shape index (κ2) is 10.4. The summed E-state index contributed by atoms with van der Waals surface area (Å²) in [5, 5.41) is 23.2. The Morgan fingerprint density at radius 1 is 1.18 bits per heavy atom. The van der Waals surface area contributed by atoms with E-state index in [9.17, 15) is 14.8 Å². The number of carbonyl (C=O) groups excluding carboxylic acids is 2. The first-order valence-corrected chi connectivity index (χ1v) is 11.9. The lowest BCUT2D eigenvalue weighted by Gasteiger charge is -2.31. The van der Waals surface area contributed by atoms with E-state index in [1.807, 2.05) is 0 Å². The molecule has 4 rings (SSSR count). The van der Waals surface area contributed by atoms with Crippen LogP contribution in [0.2, 0.25) is 0 Å². The van der Waals surface area contributed by atoms with Crippen molar-refractivity contribution in [1.82, 2.24) is 20.1 Å². The van der Waals surface area contributed by atoms with Crippen molar-refractivity contribution in [2.75, 3.05) is 25.0 Å². The quantitative estimate of drug-likeness (QED) is 0.205. The van der Waals surface area contributed by atoms with Gasteiger partial charge in [-0.25, -0.2) is 9.71 Å².